The maximum atomic E-state index is 13.8. The largest absolute Gasteiger partial charge is 0.332 e. The van der Waals surface area contributed by atoms with Gasteiger partial charge in [-0.1, -0.05) is 18.2 Å². The summed E-state index contributed by atoms with van der Waals surface area (Å²) < 4.78 is 15.2. The molecule has 0 saturated carbocycles. The quantitative estimate of drug-likeness (QED) is 0.740. The minimum atomic E-state index is -0.394. The first kappa shape index (κ1) is 15.9. The summed E-state index contributed by atoms with van der Waals surface area (Å²) in [6, 6.07) is 13.2. The Balaban J connectivity index is 1.82. The molecule has 3 rings (SSSR count). The van der Waals surface area contributed by atoms with Crippen molar-refractivity contribution >= 4 is 5.91 Å². The Labute approximate surface area is 139 Å². The van der Waals surface area contributed by atoms with Gasteiger partial charge in [-0.3, -0.25) is 9.78 Å². The predicted octanol–water partition coefficient (Wildman–Crippen LogP) is 3.24. The van der Waals surface area contributed by atoms with E-state index in [1.165, 1.54) is 10.7 Å². The number of hydrogen-bond donors (Lipinski definition) is 0. The van der Waals surface area contributed by atoms with Gasteiger partial charge in [-0.05, 0) is 37.3 Å². The van der Waals surface area contributed by atoms with Crippen LogP contribution in [0.25, 0.3) is 5.69 Å². The number of para-hydroxylation sites is 1. The first-order valence-corrected chi connectivity index (χ1v) is 7.56. The van der Waals surface area contributed by atoms with Crippen molar-refractivity contribution in [2.75, 3.05) is 7.05 Å². The third kappa shape index (κ3) is 3.03. The number of halogens is 1. The molecule has 0 spiro atoms. The molecule has 2 heterocycles. The Kier molecular flexibility index (Phi) is 4.37. The third-order valence-electron chi connectivity index (χ3n) is 3.92. The number of carbonyl (C=O) groups is 1. The van der Waals surface area contributed by atoms with Crippen LogP contribution < -0.4 is 0 Å². The van der Waals surface area contributed by atoms with E-state index in [9.17, 15) is 9.18 Å². The second kappa shape index (κ2) is 6.62. The van der Waals surface area contributed by atoms with Crippen molar-refractivity contribution in [3.05, 3.63) is 78.1 Å². The molecule has 24 heavy (non-hydrogen) atoms. The predicted molar refractivity (Wildman–Crippen MR) is 88.3 cm³/mol. The zero-order valence-corrected chi connectivity index (χ0v) is 13.4. The first-order valence-electron chi connectivity index (χ1n) is 7.56. The fraction of sp³-hybridized carbons (Fsp3) is 0.167. The van der Waals surface area contributed by atoms with E-state index in [1.54, 1.807) is 48.6 Å². The lowest BCUT2D eigenvalue weighted by molar-refractivity contribution is 0.0733. The molecule has 6 heteroatoms. The van der Waals surface area contributed by atoms with Crippen LogP contribution in [0.15, 0.2) is 60.9 Å². The maximum Gasteiger partial charge on any atom is 0.274 e. The lowest BCUT2D eigenvalue weighted by atomic mass is 10.2. The highest BCUT2D eigenvalue weighted by molar-refractivity contribution is 5.92. The van der Waals surface area contributed by atoms with Crippen molar-refractivity contribution in [2.24, 2.45) is 0 Å². The van der Waals surface area contributed by atoms with Crippen molar-refractivity contribution in [1.82, 2.24) is 19.7 Å². The van der Waals surface area contributed by atoms with Crippen LogP contribution in [0.4, 0.5) is 4.39 Å². The molecule has 0 N–H and O–H groups in total. The van der Waals surface area contributed by atoms with E-state index in [-0.39, 0.29) is 17.6 Å². The molecule has 0 aliphatic rings. The average Bonchev–Trinajstić information content (AvgIpc) is 3.11. The molecule has 0 aliphatic heterocycles. The summed E-state index contributed by atoms with van der Waals surface area (Å²) in [5.74, 6) is -0.641. The number of nitrogens with zero attached hydrogens (tertiary/aromatic N) is 4. The van der Waals surface area contributed by atoms with Gasteiger partial charge >= 0.3 is 0 Å². The van der Waals surface area contributed by atoms with Gasteiger partial charge in [0.1, 0.15) is 11.5 Å². The molecular weight excluding hydrogens is 307 g/mol. The summed E-state index contributed by atoms with van der Waals surface area (Å²) in [6.07, 6.45) is 3.27. The average molecular weight is 324 g/mol. The van der Waals surface area contributed by atoms with Gasteiger partial charge in [0, 0.05) is 19.4 Å². The van der Waals surface area contributed by atoms with Crippen LogP contribution in [0.1, 0.15) is 29.1 Å². The molecule has 2 aromatic heterocycles. The summed E-state index contributed by atoms with van der Waals surface area (Å²) >= 11 is 0. The minimum Gasteiger partial charge on any atom is -0.332 e. The third-order valence-corrected chi connectivity index (χ3v) is 3.92. The molecule has 0 bridgehead atoms. The van der Waals surface area contributed by atoms with Crippen molar-refractivity contribution in [2.45, 2.75) is 13.0 Å². The Bertz CT molecular complexity index is 847. The smallest absolute Gasteiger partial charge is 0.274 e. The molecule has 0 unspecified atom stereocenters. The zero-order chi connectivity index (χ0) is 17.1. The highest BCUT2D eigenvalue weighted by atomic mass is 19.1. The number of aromatic nitrogens is 3. The molecule has 1 atom stereocenters. The second-order valence-corrected chi connectivity index (χ2v) is 5.44. The molecule has 5 nitrogen and oxygen atoms in total. The van der Waals surface area contributed by atoms with E-state index in [0.717, 1.165) is 5.69 Å². The van der Waals surface area contributed by atoms with E-state index < -0.39 is 5.82 Å². The van der Waals surface area contributed by atoms with E-state index in [4.69, 9.17) is 0 Å². The van der Waals surface area contributed by atoms with Crippen LogP contribution in [0.2, 0.25) is 0 Å². The van der Waals surface area contributed by atoms with E-state index in [2.05, 4.69) is 10.1 Å². The molecule has 3 aromatic rings. The van der Waals surface area contributed by atoms with E-state index in [0.29, 0.717) is 5.69 Å². The van der Waals surface area contributed by atoms with Crippen LogP contribution in [-0.2, 0) is 0 Å². The Morgan fingerprint density at radius 3 is 2.62 bits per heavy atom. The van der Waals surface area contributed by atoms with Gasteiger partial charge in [0.15, 0.2) is 5.69 Å². The number of carbonyl (C=O) groups excluding carboxylic acids is 1. The normalized spacial score (nSPS) is 12.0. The van der Waals surface area contributed by atoms with Gasteiger partial charge in [0.05, 0.1) is 11.7 Å². The topological polar surface area (TPSA) is 51.0 Å². The van der Waals surface area contributed by atoms with Crippen LogP contribution >= 0.6 is 0 Å². The number of hydrogen-bond acceptors (Lipinski definition) is 3. The lowest BCUT2D eigenvalue weighted by Crippen LogP contribution is -2.30. The highest BCUT2D eigenvalue weighted by Gasteiger charge is 2.22. The van der Waals surface area contributed by atoms with Crippen molar-refractivity contribution in [3.63, 3.8) is 0 Å². The van der Waals surface area contributed by atoms with Crippen LogP contribution in [0.5, 0.6) is 0 Å². The first-order chi connectivity index (χ1) is 11.6. The van der Waals surface area contributed by atoms with Gasteiger partial charge in [-0.15, -0.1) is 0 Å². The van der Waals surface area contributed by atoms with Crippen LogP contribution in [0, 0.1) is 5.82 Å². The summed E-state index contributed by atoms with van der Waals surface area (Å²) in [7, 11) is 1.70. The Hall–Kier alpha value is -3.02. The second-order valence-electron chi connectivity index (χ2n) is 5.44. The standard InChI is InChI=1S/C18H17FN4O/c1-13(15-8-5-6-11-20-15)22(2)18(24)16-10-12-23(21-16)17-9-4-3-7-14(17)19/h3-13H,1-2H3/t13-/m0/s1. The monoisotopic (exact) mass is 324 g/mol. The van der Waals surface area contributed by atoms with Crippen molar-refractivity contribution in [1.29, 1.82) is 0 Å². The van der Waals surface area contributed by atoms with Gasteiger partial charge < -0.3 is 4.90 Å². The fourth-order valence-electron chi connectivity index (χ4n) is 2.39. The van der Waals surface area contributed by atoms with E-state index in [1.807, 2.05) is 25.1 Å². The zero-order valence-electron chi connectivity index (χ0n) is 13.4. The molecule has 0 aliphatic carbocycles. The Morgan fingerprint density at radius 1 is 1.17 bits per heavy atom. The SMILES string of the molecule is C[C@@H](c1ccccn1)N(C)C(=O)c1ccn(-c2ccccc2F)n1. The molecule has 1 amide bonds. The van der Waals surface area contributed by atoms with Gasteiger partial charge in [0.25, 0.3) is 5.91 Å². The molecule has 0 radical (unpaired) electrons. The highest BCUT2D eigenvalue weighted by Crippen LogP contribution is 2.19. The summed E-state index contributed by atoms with van der Waals surface area (Å²) in [5.41, 5.74) is 1.35. The fourth-order valence-corrected chi connectivity index (χ4v) is 2.39. The van der Waals surface area contributed by atoms with Crippen molar-refractivity contribution in [3.8, 4) is 5.69 Å². The summed E-state index contributed by atoms with van der Waals surface area (Å²) in [4.78, 5) is 18.5. The number of pyridine rings is 1. The maximum absolute atomic E-state index is 13.8. The number of benzene rings is 1. The molecular formula is C18H17FN4O. The van der Waals surface area contributed by atoms with Crippen LogP contribution in [-0.4, -0.2) is 32.6 Å². The molecule has 1 aromatic carbocycles. The molecule has 0 fully saturated rings. The van der Waals surface area contributed by atoms with Crippen molar-refractivity contribution < 1.29 is 9.18 Å². The van der Waals surface area contributed by atoms with Gasteiger partial charge in [0.2, 0.25) is 0 Å². The summed E-state index contributed by atoms with van der Waals surface area (Å²) in [6.45, 7) is 1.90. The number of amides is 1. The van der Waals surface area contributed by atoms with Crippen LogP contribution in [0.3, 0.4) is 0 Å². The Morgan fingerprint density at radius 2 is 1.92 bits per heavy atom. The number of rotatable bonds is 4. The van der Waals surface area contributed by atoms with Gasteiger partial charge in [-0.25, -0.2) is 9.07 Å². The molecule has 122 valence electrons. The van der Waals surface area contributed by atoms with E-state index >= 15 is 0 Å². The lowest BCUT2D eigenvalue weighted by Gasteiger charge is -2.23. The summed E-state index contributed by atoms with van der Waals surface area (Å²) in [5, 5.41) is 4.20. The van der Waals surface area contributed by atoms with Gasteiger partial charge in [-0.2, -0.15) is 5.10 Å². The minimum absolute atomic E-state index is 0.197. The molecule has 0 saturated heterocycles.